The van der Waals surface area contributed by atoms with E-state index in [4.69, 9.17) is 17.3 Å². The first kappa shape index (κ1) is 11.5. The zero-order valence-corrected chi connectivity index (χ0v) is 8.72. The molecule has 0 saturated carbocycles. The Hall–Kier alpha value is -1.55. The first-order valence-electron chi connectivity index (χ1n) is 4.05. The van der Waals surface area contributed by atoms with Gasteiger partial charge in [-0.2, -0.15) is 0 Å². The van der Waals surface area contributed by atoms with Crippen LogP contribution < -0.4 is 5.73 Å². The molecular weight excluding hydrogens is 221 g/mol. The van der Waals surface area contributed by atoms with Gasteiger partial charge >= 0.3 is 5.97 Å². The quantitative estimate of drug-likeness (QED) is 0.623. The van der Waals surface area contributed by atoms with Crippen molar-refractivity contribution in [1.29, 1.82) is 0 Å². The van der Waals surface area contributed by atoms with Gasteiger partial charge < -0.3 is 10.5 Å². The van der Waals surface area contributed by atoms with Crippen LogP contribution in [0.5, 0.6) is 0 Å². The lowest BCUT2D eigenvalue weighted by Gasteiger charge is -2.01. The van der Waals surface area contributed by atoms with Crippen molar-refractivity contribution < 1.29 is 13.9 Å². The number of rotatable bonds is 2. The van der Waals surface area contributed by atoms with E-state index in [1.54, 1.807) is 0 Å². The summed E-state index contributed by atoms with van der Waals surface area (Å²) in [4.78, 5) is 10.9. The first-order chi connectivity index (χ1) is 7.04. The predicted molar refractivity (Wildman–Crippen MR) is 55.6 cm³/mol. The SMILES string of the molecule is COC(=O)/C(N)=C/c1cc(Cl)ccc1F. The second kappa shape index (κ2) is 4.79. The van der Waals surface area contributed by atoms with Gasteiger partial charge in [0.05, 0.1) is 7.11 Å². The number of esters is 1. The van der Waals surface area contributed by atoms with Crippen LogP contribution in [0.4, 0.5) is 4.39 Å². The molecule has 15 heavy (non-hydrogen) atoms. The highest BCUT2D eigenvalue weighted by Gasteiger charge is 2.06. The summed E-state index contributed by atoms with van der Waals surface area (Å²) in [5.41, 5.74) is 5.32. The number of carbonyl (C=O) groups excluding carboxylic acids is 1. The lowest BCUT2D eigenvalue weighted by atomic mass is 10.2. The highest BCUT2D eigenvalue weighted by molar-refractivity contribution is 6.30. The fourth-order valence-electron chi connectivity index (χ4n) is 0.970. The number of ether oxygens (including phenoxy) is 1. The third kappa shape index (κ3) is 2.95. The molecule has 0 spiro atoms. The van der Waals surface area contributed by atoms with Gasteiger partial charge in [0, 0.05) is 10.6 Å². The van der Waals surface area contributed by atoms with Gasteiger partial charge in [0.25, 0.3) is 0 Å². The second-order valence-electron chi connectivity index (χ2n) is 2.76. The summed E-state index contributed by atoms with van der Waals surface area (Å²) in [5, 5.41) is 0.361. The number of carbonyl (C=O) groups is 1. The minimum atomic E-state index is -0.714. The van der Waals surface area contributed by atoms with Crippen LogP contribution >= 0.6 is 11.6 Å². The molecular formula is C10H9ClFNO2. The largest absolute Gasteiger partial charge is 0.464 e. The monoisotopic (exact) mass is 229 g/mol. The number of hydrogen-bond donors (Lipinski definition) is 1. The van der Waals surface area contributed by atoms with Crippen molar-refractivity contribution in [3.05, 3.63) is 40.3 Å². The fraction of sp³-hybridized carbons (Fsp3) is 0.100. The van der Waals surface area contributed by atoms with Gasteiger partial charge in [-0.3, -0.25) is 0 Å². The molecule has 0 amide bonds. The molecule has 1 aromatic carbocycles. The van der Waals surface area contributed by atoms with Gasteiger partial charge in [0.2, 0.25) is 0 Å². The van der Waals surface area contributed by atoms with Gasteiger partial charge in [0.15, 0.2) is 0 Å². The Balaban J connectivity index is 3.07. The standard InChI is InChI=1S/C10H9ClFNO2/c1-15-10(14)9(13)5-6-4-7(11)2-3-8(6)12/h2-5H,13H2,1H3/b9-5-. The summed E-state index contributed by atoms with van der Waals surface area (Å²) >= 11 is 5.66. The Labute approximate surface area is 91.3 Å². The first-order valence-corrected chi connectivity index (χ1v) is 4.43. The maximum absolute atomic E-state index is 13.2. The van der Waals surface area contributed by atoms with Gasteiger partial charge in [-0.25, -0.2) is 9.18 Å². The van der Waals surface area contributed by atoms with Crippen molar-refractivity contribution in [3.63, 3.8) is 0 Å². The highest BCUT2D eigenvalue weighted by atomic mass is 35.5. The molecule has 0 aliphatic heterocycles. The van der Waals surface area contributed by atoms with Crippen molar-refractivity contribution in [2.75, 3.05) is 7.11 Å². The molecule has 3 nitrogen and oxygen atoms in total. The molecule has 80 valence electrons. The molecule has 2 N–H and O–H groups in total. The Morgan fingerprint density at radius 2 is 2.27 bits per heavy atom. The molecule has 0 heterocycles. The fourth-order valence-corrected chi connectivity index (χ4v) is 1.15. The van der Waals surface area contributed by atoms with Crippen LogP contribution in [0, 0.1) is 5.82 Å². The van der Waals surface area contributed by atoms with Crippen molar-refractivity contribution in [1.82, 2.24) is 0 Å². The molecule has 0 radical (unpaired) electrons. The van der Waals surface area contributed by atoms with Crippen LogP contribution in [0.25, 0.3) is 6.08 Å². The van der Waals surface area contributed by atoms with Gasteiger partial charge in [-0.15, -0.1) is 0 Å². The van der Waals surface area contributed by atoms with E-state index in [-0.39, 0.29) is 11.3 Å². The minimum absolute atomic E-state index is 0.144. The zero-order chi connectivity index (χ0) is 11.4. The number of halogens is 2. The molecule has 0 atom stereocenters. The molecule has 1 rings (SSSR count). The predicted octanol–water partition coefficient (Wildman–Crippen LogP) is 1.95. The van der Waals surface area contributed by atoms with Crippen molar-refractivity contribution >= 4 is 23.6 Å². The van der Waals surface area contributed by atoms with Crippen LogP contribution in [-0.4, -0.2) is 13.1 Å². The number of hydrogen-bond acceptors (Lipinski definition) is 3. The van der Waals surface area contributed by atoms with Gasteiger partial charge in [-0.05, 0) is 24.3 Å². The summed E-state index contributed by atoms with van der Waals surface area (Å²) in [7, 11) is 1.19. The van der Waals surface area contributed by atoms with Crippen LogP contribution in [-0.2, 0) is 9.53 Å². The maximum atomic E-state index is 13.2. The normalized spacial score (nSPS) is 11.3. The number of nitrogens with two attached hydrogens (primary N) is 1. The lowest BCUT2D eigenvalue weighted by molar-refractivity contribution is -0.136. The number of methoxy groups -OCH3 is 1. The molecule has 0 aliphatic rings. The highest BCUT2D eigenvalue weighted by Crippen LogP contribution is 2.16. The second-order valence-corrected chi connectivity index (χ2v) is 3.19. The molecule has 0 saturated heterocycles. The molecule has 0 bridgehead atoms. The van der Waals surface area contributed by atoms with Crippen molar-refractivity contribution in [2.45, 2.75) is 0 Å². The van der Waals surface area contributed by atoms with E-state index in [2.05, 4.69) is 4.74 Å². The van der Waals surface area contributed by atoms with Crippen LogP contribution in [0.15, 0.2) is 23.9 Å². The minimum Gasteiger partial charge on any atom is -0.464 e. The molecule has 5 heteroatoms. The van der Waals surface area contributed by atoms with Crippen LogP contribution in [0.3, 0.4) is 0 Å². The third-order valence-corrected chi connectivity index (χ3v) is 1.93. The zero-order valence-electron chi connectivity index (χ0n) is 7.96. The van der Waals surface area contributed by atoms with Crippen LogP contribution in [0.1, 0.15) is 5.56 Å². The smallest absolute Gasteiger partial charge is 0.353 e. The van der Waals surface area contributed by atoms with Gasteiger partial charge in [0.1, 0.15) is 11.5 Å². The lowest BCUT2D eigenvalue weighted by Crippen LogP contribution is -2.12. The summed E-state index contributed by atoms with van der Waals surface area (Å²) in [6, 6.07) is 3.97. The van der Waals surface area contributed by atoms with E-state index in [1.807, 2.05) is 0 Å². The van der Waals surface area contributed by atoms with Crippen molar-refractivity contribution in [2.24, 2.45) is 5.73 Å². The van der Waals surface area contributed by atoms with E-state index < -0.39 is 11.8 Å². The molecule has 0 aliphatic carbocycles. The Bertz CT molecular complexity index is 418. The molecule has 0 aromatic heterocycles. The Morgan fingerprint density at radius 3 is 2.87 bits per heavy atom. The average molecular weight is 230 g/mol. The molecule has 1 aromatic rings. The van der Waals surface area contributed by atoms with E-state index in [0.717, 1.165) is 0 Å². The summed E-state index contributed by atoms with van der Waals surface area (Å²) in [6.07, 6.45) is 1.17. The van der Waals surface area contributed by atoms with Crippen LogP contribution in [0.2, 0.25) is 5.02 Å². The molecule has 0 fully saturated rings. The topological polar surface area (TPSA) is 52.3 Å². The Kier molecular flexibility index (Phi) is 3.68. The summed E-state index contributed by atoms with van der Waals surface area (Å²) in [6.45, 7) is 0. The van der Waals surface area contributed by atoms with E-state index >= 15 is 0 Å². The average Bonchev–Trinajstić information content (AvgIpc) is 2.22. The van der Waals surface area contributed by atoms with Crippen molar-refractivity contribution in [3.8, 4) is 0 Å². The van der Waals surface area contributed by atoms with E-state index in [9.17, 15) is 9.18 Å². The van der Waals surface area contributed by atoms with E-state index in [1.165, 1.54) is 31.4 Å². The molecule has 0 unspecified atom stereocenters. The summed E-state index contributed by atoms with van der Waals surface area (Å²) in [5.74, 6) is -1.22. The maximum Gasteiger partial charge on any atom is 0.353 e. The number of benzene rings is 1. The summed E-state index contributed by atoms with van der Waals surface area (Å²) < 4.78 is 17.6. The third-order valence-electron chi connectivity index (χ3n) is 1.69. The Morgan fingerprint density at radius 1 is 1.60 bits per heavy atom. The van der Waals surface area contributed by atoms with E-state index in [0.29, 0.717) is 5.02 Å². The van der Waals surface area contributed by atoms with Gasteiger partial charge in [-0.1, -0.05) is 11.6 Å².